The van der Waals surface area contributed by atoms with Crippen LogP contribution in [-0.2, 0) is 12.8 Å². The van der Waals surface area contributed by atoms with Crippen molar-refractivity contribution in [2.45, 2.75) is 505 Å². The maximum Gasteiger partial charge on any atom is 0.203 e. The van der Waals surface area contributed by atoms with Gasteiger partial charge >= 0.3 is 0 Å². The minimum Gasteiger partial charge on any atom is -0.490 e. The van der Waals surface area contributed by atoms with Gasteiger partial charge in [0.05, 0.1) is 51.4 Å². The average Bonchev–Trinajstić information content (AvgIpc) is 1.62. The molecule has 8 rings (SSSR count). The van der Waals surface area contributed by atoms with E-state index >= 15 is 0 Å². The molecule has 0 bridgehead atoms. The number of benzene rings is 3. The molecule has 5 aromatic heterocycles. The van der Waals surface area contributed by atoms with Gasteiger partial charge in [-0.25, -0.2) is 0 Å². The van der Waals surface area contributed by atoms with Crippen molar-refractivity contribution in [3.8, 4) is 55.4 Å². The molecule has 0 aliphatic rings. The van der Waals surface area contributed by atoms with Crippen LogP contribution in [0, 0.1) is 0 Å². The largest absolute Gasteiger partial charge is 0.490 e. The number of hydrogen-bond acceptors (Lipinski definition) is 13. The molecule has 0 unspecified atom stereocenters. The van der Waals surface area contributed by atoms with Crippen LogP contribution in [0.25, 0.3) is 80.5 Å². The van der Waals surface area contributed by atoms with Crippen molar-refractivity contribution in [3.05, 3.63) is 124 Å². The zero-order valence-corrected chi connectivity index (χ0v) is 93.8. The molecule has 0 spiro atoms. The second-order valence-electron chi connectivity index (χ2n) is 40.4. The smallest absolute Gasteiger partial charge is 0.203 e. The fourth-order valence-corrected chi connectivity index (χ4v) is 23.5. The summed E-state index contributed by atoms with van der Waals surface area (Å²) in [6.45, 7) is 22.5. The van der Waals surface area contributed by atoms with Crippen molar-refractivity contribution in [2.75, 3.05) is 39.6 Å². The van der Waals surface area contributed by atoms with Gasteiger partial charge in [-0.1, -0.05) is 465 Å². The lowest BCUT2D eigenvalue weighted by Gasteiger charge is -2.18. The molecule has 139 heavy (non-hydrogen) atoms. The minimum absolute atomic E-state index is 0.673. The summed E-state index contributed by atoms with van der Waals surface area (Å²) >= 11 is 8.84. The summed E-state index contributed by atoms with van der Waals surface area (Å²) in [5.74, 6) is 4.85. The van der Waals surface area contributed by atoms with E-state index in [2.05, 4.69) is 177 Å². The molecule has 0 aliphatic heterocycles. The summed E-state index contributed by atoms with van der Waals surface area (Å²) in [6.07, 6.45) is 108. The van der Waals surface area contributed by atoms with Crippen LogP contribution in [0.15, 0.2) is 72.8 Å². The maximum absolute atomic E-state index is 6.84. The molecule has 776 valence electrons. The number of unbranched alkanes of at least 4 members (excludes halogenated alkanes) is 60. The van der Waals surface area contributed by atoms with E-state index in [9.17, 15) is 0 Å². The monoisotopic (exact) mass is 1990 g/mol. The standard InChI is InChI=1S/C126H196N2O6S5/c1-9-17-25-33-39-45-51-57-63-71-93-129-115-99-105(100-116(130-94-72-64-58-52-46-40-34-26-18-10-2)125(115)133-97-75-67-61-55-49-43-37-29-21-13-5)79-81-109-83-85-111(135-109)87-91-119-107(77-69-31-23-15-7)103-121(137-119)113-89-90-114(124-123(113)127-139-128-124)122-104-108(78-70-32-24-16-8)120(138-122)92-88-112-86-84-110(136-112)82-80-106-101-117(131-95-73-65-59-53-47-41-35-27-19-11-3)126(134-98-76-68-62-56-50-44-38-30-22-14-6)118(102-106)132-96-74-66-60-54-48-42-36-28-20-12-4/h79-92,99-104H,9-78,93-98H2,1-8H3/b81-79+,82-80+,91-87+,92-88+. The third-order valence-electron chi connectivity index (χ3n) is 27.8. The first-order chi connectivity index (χ1) is 68.8. The van der Waals surface area contributed by atoms with Gasteiger partial charge in [0, 0.05) is 50.1 Å². The predicted octanol–water partition coefficient (Wildman–Crippen LogP) is 44.0. The second-order valence-corrected chi connectivity index (χ2v) is 45.4. The molecular formula is C126H196N2O6S5. The second kappa shape index (κ2) is 79.3. The Labute approximate surface area is 871 Å². The van der Waals surface area contributed by atoms with E-state index in [1.807, 2.05) is 45.3 Å². The van der Waals surface area contributed by atoms with E-state index in [-0.39, 0.29) is 0 Å². The van der Waals surface area contributed by atoms with Gasteiger partial charge < -0.3 is 28.4 Å². The van der Waals surface area contributed by atoms with Gasteiger partial charge in [0.2, 0.25) is 11.5 Å². The fraction of sp³-hybridized carbons (Fsp3) is 0.667. The van der Waals surface area contributed by atoms with Gasteiger partial charge in [0.1, 0.15) is 11.0 Å². The van der Waals surface area contributed by atoms with Crippen molar-refractivity contribution in [2.24, 2.45) is 0 Å². The molecule has 0 saturated carbocycles. The molecule has 8 nitrogen and oxygen atoms in total. The molecule has 0 radical (unpaired) electrons. The topological polar surface area (TPSA) is 81.2 Å². The van der Waals surface area contributed by atoms with E-state index in [0.717, 1.165) is 108 Å². The summed E-state index contributed by atoms with van der Waals surface area (Å²) in [5, 5.41) is 0. The molecule has 3 aromatic carbocycles. The van der Waals surface area contributed by atoms with Crippen LogP contribution >= 0.6 is 57.1 Å². The summed E-state index contributed by atoms with van der Waals surface area (Å²) in [4.78, 5) is 10.1. The molecule has 0 fully saturated rings. The number of fused-ring (bicyclic) bond motifs is 1. The first-order valence-electron chi connectivity index (χ1n) is 58.4. The Bertz CT molecular complexity index is 4100. The molecule has 0 N–H and O–H groups in total. The van der Waals surface area contributed by atoms with Gasteiger partial charge in [-0.05, 0) is 184 Å². The maximum atomic E-state index is 6.84. The van der Waals surface area contributed by atoms with Crippen LogP contribution < -0.4 is 28.4 Å². The van der Waals surface area contributed by atoms with Crippen molar-refractivity contribution < 1.29 is 28.4 Å². The number of rotatable bonds is 92. The van der Waals surface area contributed by atoms with Gasteiger partial charge in [-0.3, -0.25) is 0 Å². The normalized spacial score (nSPS) is 11.9. The van der Waals surface area contributed by atoms with Crippen molar-refractivity contribution in [3.63, 3.8) is 0 Å². The molecule has 0 aliphatic carbocycles. The lowest BCUT2D eigenvalue weighted by molar-refractivity contribution is 0.234. The SMILES string of the molecule is CCCCCCCCCCCCOc1cc(/C=C/c2ccc(/C=C/c3sc(-c4ccc(-c5cc(CCCCCC)c(/C=C/c6ccc(/C=C/c7cc(OCCCCCCCCCCCC)c(OCCCCCCCCCCCC)c(OCCCCCCCCCCCC)c7)s6)s5)c5nsnc45)cc3CCCCCC)s2)cc(OCCCCCCCCCCCC)c1OCCCCCCCCCCCC. The number of aromatic nitrogens is 2. The quantitative estimate of drug-likeness (QED) is 0.0349. The number of ether oxygens (including phenoxy) is 6. The highest BCUT2D eigenvalue weighted by molar-refractivity contribution is 7.17. The first kappa shape index (κ1) is 118. The first-order valence-corrected chi connectivity index (χ1v) is 62.4. The van der Waals surface area contributed by atoms with E-state index in [4.69, 9.17) is 37.2 Å². The number of hydrogen-bond donors (Lipinski definition) is 0. The third kappa shape index (κ3) is 51.1. The van der Waals surface area contributed by atoms with Crippen molar-refractivity contribution in [1.29, 1.82) is 0 Å². The summed E-state index contributed by atoms with van der Waals surface area (Å²) in [7, 11) is 0. The van der Waals surface area contributed by atoms with Crippen LogP contribution in [-0.4, -0.2) is 48.4 Å². The zero-order valence-electron chi connectivity index (χ0n) is 89.7. The molecule has 5 heterocycles. The van der Waals surface area contributed by atoms with E-state index in [0.29, 0.717) is 39.6 Å². The highest BCUT2D eigenvalue weighted by Crippen LogP contribution is 2.46. The van der Waals surface area contributed by atoms with Crippen LogP contribution in [0.4, 0.5) is 0 Å². The molecule has 0 saturated heterocycles. The summed E-state index contributed by atoms with van der Waals surface area (Å²) < 4.78 is 51.3. The minimum atomic E-state index is 0.673. The fourth-order valence-electron chi connectivity index (χ4n) is 19.1. The average molecular weight is 2000 g/mol. The molecule has 13 heteroatoms. The van der Waals surface area contributed by atoms with Crippen LogP contribution in [0.3, 0.4) is 0 Å². The van der Waals surface area contributed by atoms with E-state index in [1.165, 1.54) is 471 Å². The highest BCUT2D eigenvalue weighted by Gasteiger charge is 2.23. The summed E-state index contributed by atoms with van der Waals surface area (Å²) in [5.41, 5.74) is 9.33. The number of thiophene rings is 4. The Morgan fingerprint density at radius 2 is 0.417 bits per heavy atom. The predicted molar refractivity (Wildman–Crippen MR) is 621 cm³/mol. The Hall–Kier alpha value is -5.96. The van der Waals surface area contributed by atoms with Gasteiger partial charge in [-0.2, -0.15) is 8.75 Å². The molecular weight excluding hydrogens is 1800 g/mol. The molecule has 0 atom stereocenters. The Kier molecular flexibility index (Phi) is 67.5. The number of nitrogens with zero attached hydrogens (tertiary/aromatic N) is 2. The van der Waals surface area contributed by atoms with Crippen LogP contribution in [0.5, 0.6) is 34.5 Å². The molecule has 0 amide bonds. The highest BCUT2D eigenvalue weighted by atomic mass is 32.1. The third-order valence-corrected chi connectivity index (χ3v) is 32.7. The zero-order chi connectivity index (χ0) is 97.8. The summed E-state index contributed by atoms with van der Waals surface area (Å²) in [6, 6.07) is 27.6. The van der Waals surface area contributed by atoms with Crippen molar-refractivity contribution in [1.82, 2.24) is 8.75 Å². The number of aryl methyl sites for hydroxylation is 2. The van der Waals surface area contributed by atoms with E-state index in [1.54, 1.807) is 0 Å². The Morgan fingerprint density at radius 3 is 0.655 bits per heavy atom. The lowest BCUT2D eigenvalue weighted by Crippen LogP contribution is -2.06. The Morgan fingerprint density at radius 1 is 0.209 bits per heavy atom. The van der Waals surface area contributed by atoms with Gasteiger partial charge in [0.15, 0.2) is 23.0 Å². The van der Waals surface area contributed by atoms with Gasteiger partial charge in [0.25, 0.3) is 0 Å². The van der Waals surface area contributed by atoms with Crippen LogP contribution in [0.1, 0.15) is 544 Å². The molecule has 8 aromatic rings. The Balaban J connectivity index is 0.996. The van der Waals surface area contributed by atoms with Crippen LogP contribution in [0.2, 0.25) is 0 Å². The van der Waals surface area contributed by atoms with E-state index < -0.39 is 0 Å². The van der Waals surface area contributed by atoms with Crippen molar-refractivity contribution >= 4 is 117 Å². The van der Waals surface area contributed by atoms with Gasteiger partial charge in [-0.15, -0.1) is 45.3 Å². The lowest BCUT2D eigenvalue weighted by atomic mass is 10.0.